The lowest BCUT2D eigenvalue weighted by Crippen LogP contribution is -2.30. The van der Waals surface area contributed by atoms with Crippen molar-refractivity contribution in [2.75, 3.05) is 0 Å². The standard InChI is InChI=1S/C19H24F2/c1-2-3-13-4-5-15-11-16(7-6-14(15)10-13)17-8-9-18(20)19(21)12-17/h2-3,8-9,12-16H,4-7,10-11H2,1H3/t13-,14-,15-,16?/m1/s1. The van der Waals surface area contributed by atoms with Gasteiger partial charge in [-0.15, -0.1) is 0 Å². The van der Waals surface area contributed by atoms with Crippen LogP contribution in [0.2, 0.25) is 0 Å². The Balaban J connectivity index is 1.67. The summed E-state index contributed by atoms with van der Waals surface area (Å²) in [6.45, 7) is 2.10. The second-order valence-corrected chi connectivity index (χ2v) is 6.80. The molecule has 0 saturated heterocycles. The molecule has 2 aliphatic carbocycles. The van der Waals surface area contributed by atoms with E-state index >= 15 is 0 Å². The van der Waals surface area contributed by atoms with E-state index in [4.69, 9.17) is 0 Å². The van der Waals surface area contributed by atoms with Crippen LogP contribution in [0.15, 0.2) is 30.4 Å². The predicted molar refractivity (Wildman–Crippen MR) is 82.1 cm³/mol. The quantitative estimate of drug-likeness (QED) is 0.600. The summed E-state index contributed by atoms with van der Waals surface area (Å²) < 4.78 is 26.5. The second kappa shape index (κ2) is 6.29. The van der Waals surface area contributed by atoms with Crippen LogP contribution in [0.4, 0.5) is 8.78 Å². The third-order valence-corrected chi connectivity index (χ3v) is 5.53. The van der Waals surface area contributed by atoms with Gasteiger partial charge in [-0.05, 0) is 86.8 Å². The van der Waals surface area contributed by atoms with E-state index in [1.807, 2.05) is 0 Å². The second-order valence-electron chi connectivity index (χ2n) is 6.80. The van der Waals surface area contributed by atoms with Gasteiger partial charge in [0.1, 0.15) is 0 Å². The molecule has 2 aliphatic rings. The minimum absolute atomic E-state index is 0.416. The lowest BCUT2D eigenvalue weighted by molar-refractivity contribution is 0.133. The molecule has 3 rings (SSSR count). The largest absolute Gasteiger partial charge is 0.204 e. The number of fused-ring (bicyclic) bond motifs is 1. The van der Waals surface area contributed by atoms with Gasteiger partial charge < -0.3 is 0 Å². The molecule has 0 bridgehead atoms. The molecule has 0 N–H and O–H groups in total. The zero-order valence-electron chi connectivity index (χ0n) is 12.7. The Morgan fingerprint density at radius 2 is 1.71 bits per heavy atom. The van der Waals surface area contributed by atoms with Gasteiger partial charge in [-0.25, -0.2) is 8.78 Å². The van der Waals surface area contributed by atoms with Gasteiger partial charge in [0.05, 0.1) is 0 Å². The van der Waals surface area contributed by atoms with E-state index in [1.54, 1.807) is 6.07 Å². The van der Waals surface area contributed by atoms with Crippen molar-refractivity contribution in [2.45, 2.75) is 51.4 Å². The molecule has 0 heterocycles. The van der Waals surface area contributed by atoms with Gasteiger partial charge in [-0.2, -0.15) is 0 Å². The molecule has 0 spiro atoms. The van der Waals surface area contributed by atoms with Crippen molar-refractivity contribution < 1.29 is 8.78 Å². The molecular formula is C19H24F2. The summed E-state index contributed by atoms with van der Waals surface area (Å²) in [5.74, 6) is 1.35. The summed E-state index contributed by atoms with van der Waals surface area (Å²) in [6, 6.07) is 4.46. The van der Waals surface area contributed by atoms with Crippen LogP contribution in [0.25, 0.3) is 0 Å². The minimum atomic E-state index is -0.737. The first-order valence-electron chi connectivity index (χ1n) is 8.25. The molecule has 2 fully saturated rings. The van der Waals surface area contributed by atoms with E-state index in [9.17, 15) is 8.78 Å². The highest BCUT2D eigenvalue weighted by atomic mass is 19.2. The zero-order valence-corrected chi connectivity index (χ0v) is 12.7. The Morgan fingerprint density at radius 3 is 2.48 bits per heavy atom. The lowest BCUT2D eigenvalue weighted by atomic mass is 9.64. The van der Waals surface area contributed by atoms with Crippen molar-refractivity contribution in [2.24, 2.45) is 17.8 Å². The molecule has 0 nitrogen and oxygen atoms in total. The molecule has 1 aromatic carbocycles. The lowest BCUT2D eigenvalue weighted by Gasteiger charge is -2.41. The summed E-state index contributed by atoms with van der Waals surface area (Å²) in [5, 5.41) is 0. The van der Waals surface area contributed by atoms with Crippen molar-refractivity contribution in [1.82, 2.24) is 0 Å². The summed E-state index contributed by atoms with van der Waals surface area (Å²) in [6.07, 6.45) is 11.9. The summed E-state index contributed by atoms with van der Waals surface area (Å²) in [4.78, 5) is 0. The zero-order chi connectivity index (χ0) is 14.8. The minimum Gasteiger partial charge on any atom is -0.204 e. The van der Waals surface area contributed by atoms with E-state index in [0.717, 1.165) is 36.2 Å². The van der Waals surface area contributed by atoms with Gasteiger partial charge in [-0.1, -0.05) is 18.2 Å². The van der Waals surface area contributed by atoms with Gasteiger partial charge >= 0.3 is 0 Å². The molecule has 21 heavy (non-hydrogen) atoms. The first-order chi connectivity index (χ1) is 10.2. The Hall–Kier alpha value is -1.18. The average Bonchev–Trinajstić information content (AvgIpc) is 2.50. The van der Waals surface area contributed by atoms with Gasteiger partial charge in [0, 0.05) is 0 Å². The molecule has 4 atom stereocenters. The molecule has 2 saturated carbocycles. The Kier molecular flexibility index (Phi) is 4.42. The molecule has 0 aliphatic heterocycles. The Morgan fingerprint density at radius 1 is 0.952 bits per heavy atom. The number of rotatable bonds is 2. The van der Waals surface area contributed by atoms with Crippen LogP contribution < -0.4 is 0 Å². The highest BCUT2D eigenvalue weighted by Crippen LogP contribution is 2.47. The fraction of sp³-hybridized carbons (Fsp3) is 0.579. The van der Waals surface area contributed by atoms with Crippen LogP contribution in [0, 0.1) is 29.4 Å². The fourth-order valence-corrected chi connectivity index (χ4v) is 4.44. The van der Waals surface area contributed by atoms with E-state index in [0.29, 0.717) is 5.92 Å². The van der Waals surface area contributed by atoms with Gasteiger partial charge in [0.15, 0.2) is 11.6 Å². The normalized spacial score (nSPS) is 33.1. The van der Waals surface area contributed by atoms with Crippen LogP contribution >= 0.6 is 0 Å². The van der Waals surface area contributed by atoms with Crippen molar-refractivity contribution in [3.05, 3.63) is 47.5 Å². The number of benzene rings is 1. The predicted octanol–water partition coefficient (Wildman–Crippen LogP) is 5.84. The first-order valence-corrected chi connectivity index (χ1v) is 8.25. The number of hydrogen-bond donors (Lipinski definition) is 0. The fourth-order valence-electron chi connectivity index (χ4n) is 4.44. The maximum absolute atomic E-state index is 13.4. The maximum atomic E-state index is 13.4. The van der Waals surface area contributed by atoms with Crippen molar-refractivity contribution in [3.63, 3.8) is 0 Å². The van der Waals surface area contributed by atoms with Gasteiger partial charge in [0.25, 0.3) is 0 Å². The Labute approximate surface area is 126 Å². The summed E-state index contributed by atoms with van der Waals surface area (Å²) in [5.41, 5.74) is 0.989. The molecule has 1 aromatic rings. The van der Waals surface area contributed by atoms with Gasteiger partial charge in [-0.3, -0.25) is 0 Å². The first kappa shape index (κ1) is 14.7. The van der Waals surface area contributed by atoms with Crippen molar-refractivity contribution in [1.29, 1.82) is 0 Å². The average molecular weight is 290 g/mol. The molecule has 114 valence electrons. The molecule has 0 aromatic heterocycles. The topological polar surface area (TPSA) is 0 Å². The van der Waals surface area contributed by atoms with Gasteiger partial charge in [0.2, 0.25) is 0 Å². The maximum Gasteiger partial charge on any atom is 0.159 e. The SMILES string of the molecule is CC=C[C@@H]1CC[C@@H]2CC(c3ccc(F)c(F)c3)CC[C@@H]2C1. The van der Waals surface area contributed by atoms with Crippen molar-refractivity contribution >= 4 is 0 Å². The third-order valence-electron chi connectivity index (χ3n) is 5.53. The molecule has 1 unspecified atom stereocenters. The van der Waals surface area contributed by atoms with Crippen molar-refractivity contribution in [3.8, 4) is 0 Å². The summed E-state index contributed by atoms with van der Waals surface area (Å²) in [7, 11) is 0. The van der Waals surface area contributed by atoms with E-state index in [2.05, 4.69) is 19.1 Å². The highest BCUT2D eigenvalue weighted by Gasteiger charge is 2.35. The van der Waals surface area contributed by atoms with Crippen LogP contribution in [-0.2, 0) is 0 Å². The van der Waals surface area contributed by atoms with Crippen LogP contribution in [0.1, 0.15) is 56.9 Å². The third kappa shape index (κ3) is 3.20. The molecular weight excluding hydrogens is 266 g/mol. The molecule has 0 amide bonds. The van der Waals surface area contributed by atoms with E-state index in [-0.39, 0.29) is 0 Å². The Bertz CT molecular complexity index is 520. The van der Waals surface area contributed by atoms with Crippen LogP contribution in [0.5, 0.6) is 0 Å². The molecule has 0 radical (unpaired) electrons. The van der Waals surface area contributed by atoms with Crippen LogP contribution in [0.3, 0.4) is 0 Å². The van der Waals surface area contributed by atoms with E-state index in [1.165, 1.54) is 37.8 Å². The summed E-state index contributed by atoms with van der Waals surface area (Å²) >= 11 is 0. The van der Waals surface area contributed by atoms with E-state index < -0.39 is 11.6 Å². The highest BCUT2D eigenvalue weighted by molar-refractivity contribution is 5.22. The smallest absolute Gasteiger partial charge is 0.159 e. The number of hydrogen-bond acceptors (Lipinski definition) is 0. The monoisotopic (exact) mass is 290 g/mol. The number of halogens is 2. The number of allylic oxidation sites excluding steroid dienone is 2. The van der Waals surface area contributed by atoms with Crippen LogP contribution in [-0.4, -0.2) is 0 Å². The molecule has 2 heteroatoms.